The Kier molecular flexibility index (Phi) is 4.76. The van der Waals surface area contributed by atoms with Crippen molar-refractivity contribution in [2.24, 2.45) is 0 Å². The molecule has 0 radical (unpaired) electrons. The molecule has 17 heavy (non-hydrogen) atoms. The van der Waals surface area contributed by atoms with Gasteiger partial charge in [-0.15, -0.1) is 0 Å². The van der Waals surface area contributed by atoms with Crippen LogP contribution in [0.25, 0.3) is 0 Å². The Morgan fingerprint density at radius 1 is 1.35 bits per heavy atom. The first-order valence-corrected chi connectivity index (χ1v) is 6.13. The number of nitrogens with zero attached hydrogens (tertiary/aromatic N) is 1. The van der Waals surface area contributed by atoms with Crippen molar-refractivity contribution < 1.29 is 14.2 Å². The number of aromatic nitrogens is 1. The van der Waals surface area contributed by atoms with E-state index in [2.05, 4.69) is 4.98 Å². The molecule has 1 aliphatic rings. The maximum atomic E-state index is 5.55. The average molecular weight is 237 g/mol. The zero-order chi connectivity index (χ0) is 11.9. The Morgan fingerprint density at radius 2 is 2.29 bits per heavy atom. The molecule has 1 saturated heterocycles. The molecule has 0 aromatic carbocycles. The highest BCUT2D eigenvalue weighted by atomic mass is 16.7. The lowest BCUT2D eigenvalue weighted by Gasteiger charge is -2.22. The maximum absolute atomic E-state index is 5.55. The Balaban J connectivity index is 1.60. The maximum Gasteiger partial charge on any atom is 0.213 e. The zero-order valence-electron chi connectivity index (χ0n) is 10.2. The van der Waals surface area contributed by atoms with Crippen LogP contribution in [0.5, 0.6) is 5.88 Å². The summed E-state index contributed by atoms with van der Waals surface area (Å²) in [7, 11) is 0. The molecule has 4 nitrogen and oxygen atoms in total. The normalized spacial score (nSPS) is 20.2. The van der Waals surface area contributed by atoms with Crippen molar-refractivity contribution in [3.8, 4) is 5.88 Å². The minimum absolute atomic E-state index is 0.0432. The third-order valence-electron chi connectivity index (χ3n) is 2.66. The van der Waals surface area contributed by atoms with Crippen LogP contribution in [0.3, 0.4) is 0 Å². The van der Waals surface area contributed by atoms with Gasteiger partial charge in [-0.05, 0) is 31.7 Å². The summed E-state index contributed by atoms with van der Waals surface area (Å²) in [6.07, 6.45) is 5.07. The molecule has 4 heteroatoms. The molecule has 0 aliphatic carbocycles. The standard InChI is InChI=1S/C13H19NO3/c1-11-5-6-12(14-10-11)15-8-9-17-13-4-2-3-7-16-13/h5-6,10,13H,2-4,7-9H2,1H3. The van der Waals surface area contributed by atoms with Crippen molar-refractivity contribution >= 4 is 0 Å². The van der Waals surface area contributed by atoms with Gasteiger partial charge in [-0.1, -0.05) is 6.07 Å². The number of rotatable bonds is 5. The molecular weight excluding hydrogens is 218 g/mol. The monoisotopic (exact) mass is 237 g/mol. The molecule has 0 bridgehead atoms. The molecular formula is C13H19NO3. The Labute approximate surface area is 102 Å². The first-order valence-electron chi connectivity index (χ1n) is 6.13. The van der Waals surface area contributed by atoms with Crippen molar-refractivity contribution in [3.05, 3.63) is 23.9 Å². The molecule has 0 saturated carbocycles. The topological polar surface area (TPSA) is 40.6 Å². The van der Waals surface area contributed by atoms with Crippen molar-refractivity contribution in [1.82, 2.24) is 4.98 Å². The predicted octanol–water partition coefficient (Wildman–Crippen LogP) is 2.31. The Hall–Kier alpha value is -1.13. The van der Waals surface area contributed by atoms with E-state index in [1.165, 1.54) is 6.42 Å². The predicted molar refractivity (Wildman–Crippen MR) is 64.0 cm³/mol. The lowest BCUT2D eigenvalue weighted by molar-refractivity contribution is -0.165. The molecule has 1 aliphatic heterocycles. The van der Waals surface area contributed by atoms with Crippen molar-refractivity contribution in [2.45, 2.75) is 32.5 Å². The van der Waals surface area contributed by atoms with Crippen LogP contribution in [0.1, 0.15) is 24.8 Å². The Bertz CT molecular complexity index is 320. The van der Waals surface area contributed by atoms with Crippen molar-refractivity contribution in [1.29, 1.82) is 0 Å². The molecule has 1 aromatic heterocycles. The minimum Gasteiger partial charge on any atom is -0.475 e. The van der Waals surface area contributed by atoms with E-state index in [-0.39, 0.29) is 6.29 Å². The molecule has 1 unspecified atom stereocenters. The molecule has 94 valence electrons. The summed E-state index contributed by atoms with van der Waals surface area (Å²) in [5.74, 6) is 0.642. The Morgan fingerprint density at radius 3 is 3.00 bits per heavy atom. The first-order chi connectivity index (χ1) is 8.34. The number of hydrogen-bond acceptors (Lipinski definition) is 4. The summed E-state index contributed by atoms with van der Waals surface area (Å²) in [6, 6.07) is 3.85. The van der Waals surface area contributed by atoms with E-state index in [4.69, 9.17) is 14.2 Å². The van der Waals surface area contributed by atoms with Crippen LogP contribution in [0, 0.1) is 6.92 Å². The van der Waals surface area contributed by atoms with E-state index in [0.717, 1.165) is 25.0 Å². The second-order valence-corrected chi connectivity index (χ2v) is 4.19. The SMILES string of the molecule is Cc1ccc(OCCOC2CCCCO2)nc1. The highest BCUT2D eigenvalue weighted by Crippen LogP contribution is 2.13. The smallest absolute Gasteiger partial charge is 0.213 e. The van der Waals surface area contributed by atoms with E-state index in [1.54, 1.807) is 6.20 Å². The largest absolute Gasteiger partial charge is 0.475 e. The highest BCUT2D eigenvalue weighted by Gasteiger charge is 2.13. The highest BCUT2D eigenvalue weighted by molar-refractivity contribution is 5.16. The van der Waals surface area contributed by atoms with Gasteiger partial charge in [-0.2, -0.15) is 0 Å². The van der Waals surface area contributed by atoms with E-state index >= 15 is 0 Å². The molecule has 1 fully saturated rings. The molecule has 2 rings (SSSR count). The van der Waals surface area contributed by atoms with Crippen LogP contribution >= 0.6 is 0 Å². The quantitative estimate of drug-likeness (QED) is 0.737. The van der Waals surface area contributed by atoms with E-state index in [9.17, 15) is 0 Å². The van der Waals surface area contributed by atoms with Gasteiger partial charge < -0.3 is 14.2 Å². The van der Waals surface area contributed by atoms with Crippen LogP contribution in [0.2, 0.25) is 0 Å². The number of ether oxygens (including phenoxy) is 3. The summed E-state index contributed by atoms with van der Waals surface area (Å²) < 4.78 is 16.5. The van der Waals surface area contributed by atoms with E-state index in [0.29, 0.717) is 19.1 Å². The molecule has 0 amide bonds. The summed E-state index contributed by atoms with van der Waals surface area (Å²) >= 11 is 0. The van der Waals surface area contributed by atoms with Gasteiger partial charge in [0.05, 0.1) is 6.61 Å². The van der Waals surface area contributed by atoms with Crippen molar-refractivity contribution in [3.63, 3.8) is 0 Å². The van der Waals surface area contributed by atoms with Gasteiger partial charge in [-0.25, -0.2) is 4.98 Å². The average Bonchev–Trinajstić information content (AvgIpc) is 2.38. The van der Waals surface area contributed by atoms with Crippen LogP contribution in [-0.2, 0) is 9.47 Å². The fourth-order valence-electron chi connectivity index (χ4n) is 1.71. The number of pyridine rings is 1. The summed E-state index contributed by atoms with van der Waals surface area (Å²) in [6.45, 7) is 3.86. The number of hydrogen-bond donors (Lipinski definition) is 0. The van der Waals surface area contributed by atoms with Gasteiger partial charge in [-0.3, -0.25) is 0 Å². The van der Waals surface area contributed by atoms with Crippen molar-refractivity contribution in [2.75, 3.05) is 19.8 Å². The molecule has 2 heterocycles. The zero-order valence-corrected chi connectivity index (χ0v) is 10.2. The van der Waals surface area contributed by atoms with Crippen LogP contribution in [0.15, 0.2) is 18.3 Å². The van der Waals surface area contributed by atoms with Gasteiger partial charge in [0, 0.05) is 18.9 Å². The lowest BCUT2D eigenvalue weighted by Crippen LogP contribution is -2.24. The summed E-state index contributed by atoms with van der Waals surface area (Å²) in [4.78, 5) is 4.15. The summed E-state index contributed by atoms with van der Waals surface area (Å²) in [5.41, 5.74) is 1.13. The van der Waals surface area contributed by atoms with E-state index < -0.39 is 0 Å². The number of aryl methyl sites for hydroxylation is 1. The van der Waals surface area contributed by atoms with Gasteiger partial charge in [0.25, 0.3) is 0 Å². The fourth-order valence-corrected chi connectivity index (χ4v) is 1.71. The van der Waals surface area contributed by atoms with Gasteiger partial charge in [0.1, 0.15) is 6.61 Å². The fraction of sp³-hybridized carbons (Fsp3) is 0.615. The first kappa shape index (κ1) is 12.3. The van der Waals surface area contributed by atoms with Gasteiger partial charge in [0.2, 0.25) is 5.88 Å². The van der Waals surface area contributed by atoms with Gasteiger partial charge in [0.15, 0.2) is 6.29 Å². The second-order valence-electron chi connectivity index (χ2n) is 4.19. The molecule has 1 aromatic rings. The minimum atomic E-state index is -0.0432. The molecule has 0 N–H and O–H groups in total. The van der Waals surface area contributed by atoms with Gasteiger partial charge >= 0.3 is 0 Å². The van der Waals surface area contributed by atoms with E-state index in [1.807, 2.05) is 19.1 Å². The van der Waals surface area contributed by atoms with Crippen LogP contribution in [-0.4, -0.2) is 31.1 Å². The lowest BCUT2D eigenvalue weighted by atomic mass is 10.2. The third-order valence-corrected chi connectivity index (χ3v) is 2.66. The second kappa shape index (κ2) is 6.57. The molecule has 0 spiro atoms. The van der Waals surface area contributed by atoms with Crippen LogP contribution < -0.4 is 4.74 Å². The summed E-state index contributed by atoms with van der Waals surface area (Å²) in [5, 5.41) is 0. The third kappa shape index (κ3) is 4.32. The molecule has 1 atom stereocenters. The van der Waals surface area contributed by atoms with Crippen LogP contribution in [0.4, 0.5) is 0 Å².